The standard InChI is InChI=1S/C34H48N2O2/c1-31(2,3)21-15-23(35(13)27(17-21)33(7,8)9)19-25-29(37)26(30(25)38)20-24-16-22(32(4,5)6)18-28(36(24)14)34(10,11)12/h15-20H,1-14H3/p+1. The Kier molecular flexibility index (Phi) is 7.34. The van der Waals surface area contributed by atoms with Gasteiger partial charge in [-0.2, -0.15) is 4.57 Å². The Hall–Kier alpha value is -2.88. The topological polar surface area (TPSA) is 44.4 Å². The summed E-state index contributed by atoms with van der Waals surface area (Å²) in [4.78, 5) is 15.5. The molecule has 2 aliphatic rings. The number of carbonyl (C=O) groups is 1. The van der Waals surface area contributed by atoms with Crippen LogP contribution in [0.1, 0.15) is 100 Å². The van der Waals surface area contributed by atoms with Crippen LogP contribution in [0.3, 0.4) is 0 Å². The summed E-state index contributed by atoms with van der Waals surface area (Å²) in [6.45, 7) is 26.4. The zero-order valence-corrected chi connectivity index (χ0v) is 26.2. The summed E-state index contributed by atoms with van der Waals surface area (Å²) in [5.74, 6) is -0.0635. The van der Waals surface area contributed by atoms with Crippen LogP contribution in [0.15, 0.2) is 64.2 Å². The van der Waals surface area contributed by atoms with Crippen molar-refractivity contribution >= 4 is 11.9 Å². The molecule has 1 aromatic heterocycles. The molecule has 1 aliphatic carbocycles. The Morgan fingerprint density at radius 3 is 1.82 bits per heavy atom. The van der Waals surface area contributed by atoms with Crippen molar-refractivity contribution in [1.29, 1.82) is 0 Å². The molecule has 0 atom stereocenters. The molecule has 0 aromatic carbocycles. The molecule has 1 aliphatic heterocycles. The number of nitrogens with zero attached hydrogens (tertiary/aromatic N) is 2. The number of rotatable bonds is 2. The summed E-state index contributed by atoms with van der Waals surface area (Å²) in [5.41, 5.74) is 7.09. The molecule has 4 heteroatoms. The summed E-state index contributed by atoms with van der Waals surface area (Å²) in [6.07, 6.45) is 8.07. The quantitative estimate of drug-likeness (QED) is 0.324. The first-order valence-electron chi connectivity index (χ1n) is 13.7. The second-order valence-electron chi connectivity index (χ2n) is 15.0. The molecule has 2 heterocycles. The van der Waals surface area contributed by atoms with Crippen LogP contribution in [0.2, 0.25) is 0 Å². The van der Waals surface area contributed by atoms with E-state index in [9.17, 15) is 9.90 Å². The molecule has 0 saturated heterocycles. The molecule has 0 spiro atoms. The Labute approximate surface area is 231 Å². The smallest absolute Gasteiger partial charge is 0.206 e. The van der Waals surface area contributed by atoms with Crippen molar-refractivity contribution in [2.45, 2.75) is 93.9 Å². The van der Waals surface area contributed by atoms with Gasteiger partial charge in [0.25, 0.3) is 0 Å². The summed E-state index contributed by atoms with van der Waals surface area (Å²) in [5, 5.41) is 11.1. The number of carbonyl (C=O) groups excluding carboxylic acids is 1. The van der Waals surface area contributed by atoms with Crippen molar-refractivity contribution in [2.75, 3.05) is 7.05 Å². The first-order valence-corrected chi connectivity index (χ1v) is 13.7. The lowest BCUT2D eigenvalue weighted by Crippen LogP contribution is -2.43. The number of aliphatic hydroxyl groups is 1. The van der Waals surface area contributed by atoms with E-state index in [4.69, 9.17) is 0 Å². The number of ketones is 1. The predicted molar refractivity (Wildman–Crippen MR) is 159 cm³/mol. The lowest BCUT2D eigenvalue weighted by atomic mass is 9.79. The minimum atomic E-state index is -0.126. The maximum Gasteiger partial charge on any atom is 0.206 e. The number of aromatic nitrogens is 1. The van der Waals surface area contributed by atoms with Crippen molar-refractivity contribution in [2.24, 2.45) is 17.9 Å². The molecule has 0 fully saturated rings. The second-order valence-corrected chi connectivity index (χ2v) is 15.0. The van der Waals surface area contributed by atoms with Gasteiger partial charge in [0, 0.05) is 47.5 Å². The SMILES string of the molecule is CN1C(C(C)(C)C)=CC(C(C)(C)C)=C/C1=C\C1=C(O)C(=C/c2cc(C(C)(C)C)cc(C(C)(C)C)[n+]2C)/C1=O. The first kappa shape index (κ1) is 29.7. The summed E-state index contributed by atoms with van der Waals surface area (Å²) < 4.78 is 2.13. The third kappa shape index (κ3) is 5.75. The van der Waals surface area contributed by atoms with E-state index >= 15 is 0 Å². The molecule has 1 N–H and O–H groups in total. The van der Waals surface area contributed by atoms with Crippen LogP contribution in [-0.4, -0.2) is 22.8 Å². The molecule has 0 amide bonds. The van der Waals surface area contributed by atoms with Gasteiger partial charge in [0.2, 0.25) is 11.5 Å². The maximum absolute atomic E-state index is 13.4. The molecular weight excluding hydrogens is 468 g/mol. The monoisotopic (exact) mass is 517 g/mol. The highest BCUT2D eigenvalue weighted by Crippen LogP contribution is 2.41. The Morgan fingerprint density at radius 1 is 0.789 bits per heavy atom. The van der Waals surface area contributed by atoms with Crippen molar-refractivity contribution < 1.29 is 14.5 Å². The molecule has 0 unspecified atom stereocenters. The number of likely N-dealkylation sites (N-methyl/N-ethyl adjacent to an activating group) is 1. The lowest BCUT2D eigenvalue weighted by Gasteiger charge is -2.39. The molecule has 0 bridgehead atoms. The molecule has 1 aromatic rings. The summed E-state index contributed by atoms with van der Waals surface area (Å²) in [7, 11) is 4.06. The Balaban J connectivity index is 2.13. The van der Waals surface area contributed by atoms with Crippen molar-refractivity contribution in [3.8, 4) is 0 Å². The molecule has 4 nitrogen and oxygen atoms in total. The average Bonchev–Trinajstić information content (AvgIpc) is 2.74. The van der Waals surface area contributed by atoms with E-state index in [0.717, 1.165) is 11.4 Å². The molecule has 0 radical (unpaired) electrons. The number of allylic oxidation sites excluding steroid dienone is 7. The Morgan fingerprint density at radius 2 is 1.37 bits per heavy atom. The van der Waals surface area contributed by atoms with Crippen LogP contribution >= 0.6 is 0 Å². The van der Waals surface area contributed by atoms with Gasteiger partial charge in [0.1, 0.15) is 12.8 Å². The minimum Gasteiger partial charge on any atom is -0.506 e. The van der Waals surface area contributed by atoms with E-state index in [1.165, 1.54) is 22.5 Å². The third-order valence-electron chi connectivity index (χ3n) is 7.54. The molecule has 38 heavy (non-hydrogen) atoms. The fourth-order valence-corrected chi connectivity index (χ4v) is 4.95. The number of hydrogen-bond acceptors (Lipinski definition) is 3. The zero-order valence-electron chi connectivity index (χ0n) is 26.2. The van der Waals surface area contributed by atoms with Gasteiger partial charge in [-0.1, -0.05) is 83.1 Å². The highest BCUT2D eigenvalue weighted by atomic mass is 16.3. The fourth-order valence-electron chi connectivity index (χ4n) is 4.95. The lowest BCUT2D eigenvalue weighted by molar-refractivity contribution is -0.684. The van der Waals surface area contributed by atoms with Crippen molar-refractivity contribution in [3.05, 3.63) is 81.2 Å². The largest absolute Gasteiger partial charge is 0.506 e. The minimum absolute atomic E-state index is 0.0421. The van der Waals surface area contributed by atoms with E-state index < -0.39 is 0 Å². The van der Waals surface area contributed by atoms with E-state index in [0.29, 0.717) is 11.1 Å². The van der Waals surface area contributed by atoms with Crippen LogP contribution in [0.25, 0.3) is 6.08 Å². The van der Waals surface area contributed by atoms with Crippen molar-refractivity contribution in [3.63, 3.8) is 0 Å². The number of hydrogen-bond donors (Lipinski definition) is 1. The van der Waals surface area contributed by atoms with Gasteiger partial charge in [-0.15, -0.1) is 0 Å². The van der Waals surface area contributed by atoms with Gasteiger partial charge in [-0.05, 0) is 40.2 Å². The maximum atomic E-state index is 13.4. The predicted octanol–water partition coefficient (Wildman–Crippen LogP) is 7.62. The zero-order chi connectivity index (χ0) is 29.2. The second kappa shape index (κ2) is 9.39. The Bertz CT molecular complexity index is 1320. The van der Waals surface area contributed by atoms with Gasteiger partial charge in [0.05, 0.1) is 11.1 Å². The molecular formula is C34H49N2O2+. The normalized spacial score (nSPS) is 19.7. The van der Waals surface area contributed by atoms with Gasteiger partial charge in [-0.25, -0.2) is 0 Å². The summed E-state index contributed by atoms with van der Waals surface area (Å²) >= 11 is 0. The highest BCUT2D eigenvalue weighted by molar-refractivity contribution is 6.23. The third-order valence-corrected chi connectivity index (χ3v) is 7.54. The van der Waals surface area contributed by atoms with E-state index in [-0.39, 0.29) is 33.2 Å². The van der Waals surface area contributed by atoms with E-state index in [1.807, 2.05) is 26.2 Å². The van der Waals surface area contributed by atoms with Gasteiger partial charge in [0.15, 0.2) is 5.69 Å². The fraction of sp³-hybridized carbons (Fsp3) is 0.529. The number of Topliss-reactive ketones (excluding diaryl/α,β-unsaturated/α-hetero) is 1. The van der Waals surface area contributed by atoms with Gasteiger partial charge in [-0.3, -0.25) is 4.79 Å². The van der Waals surface area contributed by atoms with Crippen LogP contribution in [0, 0.1) is 10.8 Å². The van der Waals surface area contributed by atoms with Crippen molar-refractivity contribution in [1.82, 2.24) is 4.90 Å². The van der Waals surface area contributed by atoms with Crippen LogP contribution in [0.4, 0.5) is 0 Å². The van der Waals surface area contributed by atoms with E-state index in [1.54, 1.807) is 0 Å². The molecule has 0 saturated carbocycles. The van der Waals surface area contributed by atoms with Gasteiger partial charge >= 0.3 is 0 Å². The molecule has 3 rings (SSSR count). The first-order chi connectivity index (χ1) is 17.0. The van der Waals surface area contributed by atoms with Gasteiger partial charge < -0.3 is 10.0 Å². The number of pyridine rings is 1. The van der Waals surface area contributed by atoms with Crippen LogP contribution in [-0.2, 0) is 22.7 Å². The highest BCUT2D eigenvalue weighted by Gasteiger charge is 2.36. The van der Waals surface area contributed by atoms with Crippen LogP contribution in [0.5, 0.6) is 0 Å². The molecule has 206 valence electrons. The van der Waals surface area contributed by atoms with E-state index in [2.05, 4.69) is 117 Å². The summed E-state index contributed by atoms with van der Waals surface area (Å²) in [6, 6.07) is 4.39. The van der Waals surface area contributed by atoms with Crippen LogP contribution < -0.4 is 4.57 Å². The average molecular weight is 518 g/mol. The number of aliphatic hydroxyl groups excluding tert-OH is 1.